The van der Waals surface area contributed by atoms with Crippen molar-refractivity contribution in [2.24, 2.45) is 5.92 Å². The summed E-state index contributed by atoms with van der Waals surface area (Å²) in [4.78, 5) is 23.4. The highest BCUT2D eigenvalue weighted by Crippen LogP contribution is 2.19. The predicted molar refractivity (Wildman–Crippen MR) is 92.6 cm³/mol. The zero-order valence-corrected chi connectivity index (χ0v) is 14.7. The second kappa shape index (κ2) is 8.49. The van der Waals surface area contributed by atoms with Gasteiger partial charge in [0.2, 0.25) is 5.91 Å². The number of rotatable bonds is 7. The highest BCUT2D eigenvalue weighted by Gasteiger charge is 2.19. The van der Waals surface area contributed by atoms with E-state index in [4.69, 9.17) is 4.74 Å². The summed E-state index contributed by atoms with van der Waals surface area (Å²) in [6.07, 6.45) is -0.0126. The van der Waals surface area contributed by atoms with E-state index in [1.165, 1.54) is 0 Å². The van der Waals surface area contributed by atoms with Gasteiger partial charge in [0.15, 0.2) is 0 Å². The molecule has 0 aromatic heterocycles. The second-order valence-electron chi connectivity index (χ2n) is 5.32. The summed E-state index contributed by atoms with van der Waals surface area (Å²) in [5.74, 6) is -1.64. The number of carbonyl (C=O) groups is 2. The summed E-state index contributed by atoms with van der Waals surface area (Å²) in [5, 5.41) is 13.7. The van der Waals surface area contributed by atoms with Gasteiger partial charge in [-0.3, -0.25) is 4.79 Å². The van der Waals surface area contributed by atoms with E-state index in [0.717, 1.165) is 10.0 Å². The molecule has 0 fully saturated rings. The molecule has 0 radical (unpaired) electrons. The molecule has 1 atom stereocenters. The number of ether oxygens (including phenoxy) is 1. The van der Waals surface area contributed by atoms with E-state index in [9.17, 15) is 14.7 Å². The standard InChI is InChI=1S/C18H18BrNO4/c1-24-16-8-6-15(7-9-16)20-18(23)13(11-17(21)22)10-12-2-4-14(19)5-3-12/h2-9,13H,10-11H2,1H3,(H,20,23)(H,21,22)/p-1/t13-/m0/s1. The fourth-order valence-corrected chi connectivity index (χ4v) is 2.55. The van der Waals surface area contributed by atoms with Crippen molar-refractivity contribution >= 4 is 33.5 Å². The van der Waals surface area contributed by atoms with Gasteiger partial charge in [-0.05, 0) is 54.8 Å². The van der Waals surface area contributed by atoms with Crippen LogP contribution in [0.3, 0.4) is 0 Å². The van der Waals surface area contributed by atoms with Crippen molar-refractivity contribution in [2.75, 3.05) is 12.4 Å². The number of hydrogen-bond acceptors (Lipinski definition) is 4. The van der Waals surface area contributed by atoms with Crippen LogP contribution in [0.15, 0.2) is 53.0 Å². The molecular formula is C18H17BrNO4-. The van der Waals surface area contributed by atoms with Gasteiger partial charge in [-0.2, -0.15) is 0 Å². The van der Waals surface area contributed by atoms with Crippen LogP contribution in [-0.2, 0) is 16.0 Å². The van der Waals surface area contributed by atoms with Crippen LogP contribution in [0, 0.1) is 5.92 Å². The van der Waals surface area contributed by atoms with Crippen LogP contribution >= 0.6 is 15.9 Å². The Labute approximate surface area is 148 Å². The number of carbonyl (C=O) groups excluding carboxylic acids is 2. The molecule has 2 aromatic carbocycles. The lowest BCUT2D eigenvalue weighted by atomic mass is 9.95. The van der Waals surface area contributed by atoms with Gasteiger partial charge in [0, 0.05) is 22.0 Å². The molecule has 5 nitrogen and oxygen atoms in total. The first kappa shape index (κ1) is 18.0. The van der Waals surface area contributed by atoms with Crippen molar-refractivity contribution in [1.29, 1.82) is 0 Å². The number of carboxylic acid groups (broad SMARTS) is 1. The quantitative estimate of drug-likeness (QED) is 0.786. The predicted octanol–water partition coefficient (Wildman–Crippen LogP) is 2.40. The summed E-state index contributed by atoms with van der Waals surface area (Å²) < 4.78 is 5.98. The molecule has 2 aromatic rings. The summed E-state index contributed by atoms with van der Waals surface area (Å²) in [6, 6.07) is 14.3. The van der Waals surface area contributed by atoms with E-state index in [1.807, 2.05) is 24.3 Å². The molecular weight excluding hydrogens is 374 g/mol. The summed E-state index contributed by atoms with van der Waals surface area (Å²) in [7, 11) is 1.56. The maximum absolute atomic E-state index is 12.4. The Balaban J connectivity index is 2.08. The van der Waals surface area contributed by atoms with Crippen LogP contribution in [0.2, 0.25) is 0 Å². The molecule has 0 spiro atoms. The Hall–Kier alpha value is -2.34. The van der Waals surface area contributed by atoms with Gasteiger partial charge in [-0.1, -0.05) is 28.1 Å². The third-order valence-electron chi connectivity index (χ3n) is 3.54. The number of halogens is 1. The Kier molecular flexibility index (Phi) is 6.37. The average Bonchev–Trinajstić information content (AvgIpc) is 2.56. The number of hydrogen-bond donors (Lipinski definition) is 1. The van der Waals surface area contributed by atoms with Crippen LogP contribution in [0.4, 0.5) is 5.69 Å². The summed E-state index contributed by atoms with van der Waals surface area (Å²) >= 11 is 3.34. The molecule has 126 valence electrons. The minimum absolute atomic E-state index is 0.323. The van der Waals surface area contributed by atoms with Gasteiger partial charge < -0.3 is 20.0 Å². The summed E-state index contributed by atoms with van der Waals surface area (Å²) in [6.45, 7) is 0. The van der Waals surface area contributed by atoms with Gasteiger partial charge in [0.25, 0.3) is 0 Å². The Morgan fingerprint density at radius 1 is 1.12 bits per heavy atom. The maximum atomic E-state index is 12.4. The molecule has 1 N–H and O–H groups in total. The van der Waals surface area contributed by atoms with Crippen LogP contribution in [0.5, 0.6) is 5.75 Å². The van der Waals surface area contributed by atoms with Crippen molar-refractivity contribution in [2.45, 2.75) is 12.8 Å². The molecule has 6 heteroatoms. The Morgan fingerprint density at radius 2 is 1.75 bits per heavy atom. The van der Waals surface area contributed by atoms with Gasteiger partial charge in [0.05, 0.1) is 7.11 Å². The van der Waals surface area contributed by atoms with Gasteiger partial charge in [0.1, 0.15) is 5.75 Å². The second-order valence-corrected chi connectivity index (χ2v) is 6.24. The van der Waals surface area contributed by atoms with Crippen molar-refractivity contribution in [1.82, 2.24) is 0 Å². The van der Waals surface area contributed by atoms with E-state index >= 15 is 0 Å². The monoisotopic (exact) mass is 390 g/mol. The van der Waals surface area contributed by atoms with Crippen molar-refractivity contribution in [3.63, 3.8) is 0 Å². The number of anilines is 1. The van der Waals surface area contributed by atoms with Gasteiger partial charge in [-0.15, -0.1) is 0 Å². The first-order valence-corrected chi connectivity index (χ1v) is 8.16. The van der Waals surface area contributed by atoms with Crippen LogP contribution < -0.4 is 15.2 Å². The topological polar surface area (TPSA) is 78.5 Å². The van der Waals surface area contributed by atoms with Crippen LogP contribution in [0.25, 0.3) is 0 Å². The molecule has 0 saturated carbocycles. The highest BCUT2D eigenvalue weighted by molar-refractivity contribution is 9.10. The largest absolute Gasteiger partial charge is 0.550 e. The number of amides is 1. The highest BCUT2D eigenvalue weighted by atomic mass is 79.9. The smallest absolute Gasteiger partial charge is 0.228 e. The Morgan fingerprint density at radius 3 is 2.29 bits per heavy atom. The molecule has 0 aliphatic rings. The van der Waals surface area contributed by atoms with Gasteiger partial charge in [-0.25, -0.2) is 0 Å². The molecule has 0 heterocycles. The van der Waals surface area contributed by atoms with E-state index in [1.54, 1.807) is 31.4 Å². The van der Waals surface area contributed by atoms with Gasteiger partial charge >= 0.3 is 0 Å². The fourth-order valence-electron chi connectivity index (χ4n) is 2.28. The SMILES string of the molecule is COc1ccc(NC(=O)[C@H](CC(=O)[O-])Cc2ccc(Br)cc2)cc1. The molecule has 0 aliphatic heterocycles. The van der Waals surface area contributed by atoms with Crippen molar-refractivity contribution < 1.29 is 19.4 Å². The molecule has 0 saturated heterocycles. The van der Waals surface area contributed by atoms with E-state index in [-0.39, 0.29) is 12.3 Å². The molecule has 24 heavy (non-hydrogen) atoms. The van der Waals surface area contributed by atoms with Crippen LogP contribution in [0.1, 0.15) is 12.0 Å². The lowest BCUT2D eigenvalue weighted by Gasteiger charge is -2.18. The zero-order valence-electron chi connectivity index (χ0n) is 13.1. The number of carboxylic acids is 1. The molecule has 1 amide bonds. The lowest BCUT2D eigenvalue weighted by Crippen LogP contribution is -2.32. The molecule has 0 unspecified atom stereocenters. The van der Waals surface area contributed by atoms with Crippen LogP contribution in [-0.4, -0.2) is 19.0 Å². The lowest BCUT2D eigenvalue weighted by molar-refractivity contribution is -0.306. The van der Waals surface area contributed by atoms with E-state index in [0.29, 0.717) is 17.9 Å². The average molecular weight is 391 g/mol. The maximum Gasteiger partial charge on any atom is 0.228 e. The molecule has 0 bridgehead atoms. The van der Waals surface area contributed by atoms with Crippen molar-refractivity contribution in [3.8, 4) is 5.75 Å². The third-order valence-corrected chi connectivity index (χ3v) is 4.07. The third kappa shape index (κ3) is 5.38. The summed E-state index contributed by atoms with van der Waals surface area (Å²) in [5.41, 5.74) is 1.47. The van der Waals surface area contributed by atoms with Crippen molar-refractivity contribution in [3.05, 3.63) is 58.6 Å². The minimum atomic E-state index is -1.25. The zero-order chi connectivity index (χ0) is 17.5. The number of nitrogens with one attached hydrogen (secondary N) is 1. The number of aliphatic carboxylic acids is 1. The minimum Gasteiger partial charge on any atom is -0.550 e. The van der Waals surface area contributed by atoms with E-state index in [2.05, 4.69) is 21.2 Å². The van der Waals surface area contributed by atoms with E-state index < -0.39 is 11.9 Å². The fraction of sp³-hybridized carbons (Fsp3) is 0.222. The Bertz CT molecular complexity index is 698. The normalized spacial score (nSPS) is 11.6. The molecule has 0 aliphatic carbocycles. The molecule has 2 rings (SSSR count). The number of methoxy groups -OCH3 is 1. The number of benzene rings is 2. The first-order chi connectivity index (χ1) is 11.5. The first-order valence-electron chi connectivity index (χ1n) is 7.37.